The summed E-state index contributed by atoms with van der Waals surface area (Å²) >= 11 is 7.61. The zero-order valence-corrected chi connectivity index (χ0v) is 20.2. The summed E-state index contributed by atoms with van der Waals surface area (Å²) in [6, 6.07) is 15.4. The van der Waals surface area contributed by atoms with Crippen molar-refractivity contribution in [2.24, 2.45) is 0 Å². The molecule has 0 aliphatic carbocycles. The molecule has 2 heterocycles. The number of benzene rings is 2. The van der Waals surface area contributed by atoms with E-state index < -0.39 is 0 Å². The van der Waals surface area contributed by atoms with E-state index in [0.717, 1.165) is 73.6 Å². The van der Waals surface area contributed by atoms with Crippen molar-refractivity contribution in [1.29, 1.82) is 0 Å². The molecule has 1 aliphatic heterocycles. The molecule has 0 atom stereocenters. The third kappa shape index (κ3) is 6.42. The van der Waals surface area contributed by atoms with Gasteiger partial charge in [-0.25, -0.2) is 4.98 Å². The Hall–Kier alpha value is -2.25. The number of unbranched alkanes of at least 4 members (excludes halogenated alkanes) is 2. The number of carbonyl (C=O) groups excluding carboxylic acids is 1. The van der Waals surface area contributed by atoms with E-state index in [-0.39, 0.29) is 12.5 Å². The molecule has 3 aromatic rings. The molecule has 5 nitrogen and oxygen atoms in total. The first-order valence-corrected chi connectivity index (χ1v) is 12.8. The summed E-state index contributed by atoms with van der Waals surface area (Å²) in [5, 5.41) is 15.6. The molecule has 1 aromatic heterocycles. The quantitative estimate of drug-likeness (QED) is 0.363. The summed E-state index contributed by atoms with van der Waals surface area (Å²) in [4.78, 5) is 20.2. The number of para-hydroxylation sites is 1. The molecule has 2 aromatic carbocycles. The SMILES string of the molecule is O=C(Nc1ccccc1-c1ccc(Cl)cc1)c1csc(C2CCN(CCCCCO)CC2)n1. The number of halogens is 1. The highest BCUT2D eigenvalue weighted by Gasteiger charge is 2.24. The van der Waals surface area contributed by atoms with Gasteiger partial charge in [0, 0.05) is 34.2 Å². The number of nitrogens with one attached hydrogen (secondary N) is 1. The first-order chi connectivity index (χ1) is 16.1. The number of anilines is 1. The highest BCUT2D eigenvalue weighted by atomic mass is 35.5. The lowest BCUT2D eigenvalue weighted by molar-refractivity contribution is 0.102. The predicted molar refractivity (Wildman–Crippen MR) is 136 cm³/mol. The number of carbonyl (C=O) groups is 1. The maximum absolute atomic E-state index is 13.0. The zero-order valence-electron chi connectivity index (χ0n) is 18.7. The van der Waals surface area contributed by atoms with Crippen LogP contribution in [0.2, 0.25) is 5.02 Å². The third-order valence-electron chi connectivity index (χ3n) is 6.15. The van der Waals surface area contributed by atoms with Crippen molar-refractivity contribution in [3.05, 3.63) is 69.6 Å². The van der Waals surface area contributed by atoms with Crippen LogP contribution in [0.4, 0.5) is 5.69 Å². The van der Waals surface area contributed by atoms with E-state index in [9.17, 15) is 4.79 Å². The Labute approximate surface area is 204 Å². The lowest BCUT2D eigenvalue weighted by atomic mass is 9.97. The second kappa shape index (κ2) is 11.7. The van der Waals surface area contributed by atoms with Crippen molar-refractivity contribution < 1.29 is 9.90 Å². The van der Waals surface area contributed by atoms with Crippen LogP contribution >= 0.6 is 22.9 Å². The van der Waals surface area contributed by atoms with E-state index in [0.29, 0.717) is 16.6 Å². The summed E-state index contributed by atoms with van der Waals surface area (Å²) in [6.07, 6.45) is 5.28. The summed E-state index contributed by atoms with van der Waals surface area (Å²) in [7, 11) is 0. The van der Waals surface area contributed by atoms with Gasteiger partial charge in [0.1, 0.15) is 5.69 Å². The molecule has 0 saturated carbocycles. The van der Waals surface area contributed by atoms with Gasteiger partial charge in [0.25, 0.3) is 5.91 Å². The minimum Gasteiger partial charge on any atom is -0.396 e. The lowest BCUT2D eigenvalue weighted by Crippen LogP contribution is -2.33. The molecule has 4 rings (SSSR count). The van der Waals surface area contributed by atoms with Gasteiger partial charge < -0.3 is 15.3 Å². The monoisotopic (exact) mass is 483 g/mol. The normalized spacial score (nSPS) is 15.0. The van der Waals surface area contributed by atoms with Crippen molar-refractivity contribution in [3.8, 4) is 11.1 Å². The van der Waals surface area contributed by atoms with Crippen LogP contribution in [0.15, 0.2) is 53.9 Å². The van der Waals surface area contributed by atoms with Gasteiger partial charge in [-0.15, -0.1) is 11.3 Å². The molecule has 1 fully saturated rings. The van der Waals surface area contributed by atoms with Crippen LogP contribution < -0.4 is 5.32 Å². The van der Waals surface area contributed by atoms with E-state index in [2.05, 4.69) is 10.2 Å². The largest absolute Gasteiger partial charge is 0.396 e. The molecule has 7 heteroatoms. The van der Waals surface area contributed by atoms with Gasteiger partial charge in [-0.1, -0.05) is 41.9 Å². The van der Waals surface area contributed by atoms with E-state index in [1.807, 2.05) is 53.9 Å². The van der Waals surface area contributed by atoms with E-state index >= 15 is 0 Å². The Morgan fingerprint density at radius 2 is 1.85 bits per heavy atom. The van der Waals surface area contributed by atoms with Gasteiger partial charge in [0.2, 0.25) is 0 Å². The molecule has 0 unspecified atom stereocenters. The number of aliphatic hydroxyl groups is 1. The minimum atomic E-state index is -0.180. The first-order valence-electron chi connectivity index (χ1n) is 11.6. The molecule has 1 amide bonds. The maximum atomic E-state index is 13.0. The third-order valence-corrected chi connectivity index (χ3v) is 7.41. The van der Waals surface area contributed by atoms with Crippen molar-refractivity contribution in [1.82, 2.24) is 9.88 Å². The van der Waals surface area contributed by atoms with Crippen LogP contribution in [0.3, 0.4) is 0 Å². The number of rotatable bonds is 9. The molecule has 174 valence electrons. The fraction of sp³-hybridized carbons (Fsp3) is 0.385. The number of hydrogen-bond acceptors (Lipinski definition) is 5. The highest BCUT2D eigenvalue weighted by molar-refractivity contribution is 7.10. The lowest BCUT2D eigenvalue weighted by Gasteiger charge is -2.31. The molecule has 33 heavy (non-hydrogen) atoms. The van der Waals surface area contributed by atoms with E-state index in [1.165, 1.54) is 0 Å². The number of thiazole rings is 1. The van der Waals surface area contributed by atoms with Gasteiger partial charge in [-0.3, -0.25) is 4.79 Å². The van der Waals surface area contributed by atoms with Crippen molar-refractivity contribution >= 4 is 34.5 Å². The fourth-order valence-electron chi connectivity index (χ4n) is 4.27. The Balaban J connectivity index is 1.35. The van der Waals surface area contributed by atoms with Crippen LogP contribution in [0.1, 0.15) is 53.5 Å². The van der Waals surface area contributed by atoms with Crippen molar-refractivity contribution in [2.45, 2.75) is 38.0 Å². The Morgan fingerprint density at radius 1 is 1.09 bits per heavy atom. The molecular formula is C26H30ClN3O2S. The summed E-state index contributed by atoms with van der Waals surface area (Å²) in [6.45, 7) is 3.53. The van der Waals surface area contributed by atoms with Gasteiger partial charge in [-0.2, -0.15) is 0 Å². The molecule has 0 bridgehead atoms. The molecule has 1 aliphatic rings. The number of aliphatic hydroxyl groups excluding tert-OH is 1. The Bertz CT molecular complexity index is 1050. The van der Waals surface area contributed by atoms with Crippen LogP contribution in [-0.4, -0.2) is 47.1 Å². The highest BCUT2D eigenvalue weighted by Crippen LogP contribution is 2.32. The standard InChI is InChI=1S/C26H30ClN3O2S/c27-21-10-8-19(9-11-21)22-6-2-3-7-23(22)28-25(32)24-18-33-26(29-24)20-12-15-30(16-13-20)14-4-1-5-17-31/h2-3,6-11,18,20,31H,1,4-5,12-17H2,(H,28,32). The fourth-order valence-corrected chi connectivity index (χ4v) is 5.36. The van der Waals surface area contributed by atoms with Crippen molar-refractivity contribution in [3.63, 3.8) is 0 Å². The van der Waals surface area contributed by atoms with Gasteiger partial charge in [0.05, 0.1) is 5.01 Å². The van der Waals surface area contributed by atoms with Gasteiger partial charge in [0.15, 0.2) is 0 Å². The molecule has 2 N–H and O–H groups in total. The molecule has 0 spiro atoms. The molecule has 0 radical (unpaired) electrons. The summed E-state index contributed by atoms with van der Waals surface area (Å²) in [5.74, 6) is 0.242. The second-order valence-corrected chi connectivity index (χ2v) is 9.80. The number of piperidine rings is 1. The summed E-state index contributed by atoms with van der Waals surface area (Å²) in [5.41, 5.74) is 3.18. The first kappa shape index (κ1) is 23.9. The zero-order chi connectivity index (χ0) is 23.0. The summed E-state index contributed by atoms with van der Waals surface area (Å²) < 4.78 is 0. The van der Waals surface area contributed by atoms with Crippen LogP contribution in [0.25, 0.3) is 11.1 Å². The van der Waals surface area contributed by atoms with Crippen molar-refractivity contribution in [2.75, 3.05) is 31.6 Å². The van der Waals surface area contributed by atoms with Gasteiger partial charge in [-0.05, 0) is 75.5 Å². The Kier molecular flexibility index (Phi) is 8.51. The predicted octanol–water partition coefficient (Wildman–Crippen LogP) is 6.06. The smallest absolute Gasteiger partial charge is 0.275 e. The number of aromatic nitrogens is 1. The van der Waals surface area contributed by atoms with E-state index in [4.69, 9.17) is 21.7 Å². The van der Waals surface area contributed by atoms with E-state index in [1.54, 1.807) is 11.3 Å². The van der Waals surface area contributed by atoms with Crippen LogP contribution in [0, 0.1) is 0 Å². The Morgan fingerprint density at radius 3 is 2.61 bits per heavy atom. The topological polar surface area (TPSA) is 65.5 Å². The molecular weight excluding hydrogens is 454 g/mol. The maximum Gasteiger partial charge on any atom is 0.275 e. The number of amides is 1. The van der Waals surface area contributed by atoms with Gasteiger partial charge >= 0.3 is 0 Å². The number of likely N-dealkylation sites (tertiary alicyclic amines) is 1. The number of nitrogens with zero attached hydrogens (tertiary/aromatic N) is 2. The number of hydrogen-bond donors (Lipinski definition) is 2. The van der Waals surface area contributed by atoms with Crippen LogP contribution in [0.5, 0.6) is 0 Å². The average molecular weight is 484 g/mol. The van der Waals surface area contributed by atoms with Crippen LogP contribution in [-0.2, 0) is 0 Å². The average Bonchev–Trinajstić information content (AvgIpc) is 3.34. The second-order valence-electron chi connectivity index (χ2n) is 8.48. The molecule has 1 saturated heterocycles. The minimum absolute atomic E-state index is 0.180.